The fourth-order valence-corrected chi connectivity index (χ4v) is 4.38. The Balaban J connectivity index is 1.48. The number of carbonyl (C=O) groups is 2. The summed E-state index contributed by atoms with van der Waals surface area (Å²) in [6, 6.07) is 11.1. The van der Waals surface area contributed by atoms with Crippen molar-refractivity contribution in [3.63, 3.8) is 0 Å². The van der Waals surface area contributed by atoms with E-state index in [0.717, 1.165) is 67.9 Å². The molecule has 2 aliphatic rings. The lowest BCUT2D eigenvalue weighted by atomic mass is 10.1. The molecular formula is C25H32N4O3. The molecule has 2 aromatic carbocycles. The van der Waals surface area contributed by atoms with Crippen LogP contribution in [-0.4, -0.2) is 44.3 Å². The van der Waals surface area contributed by atoms with E-state index in [-0.39, 0.29) is 18.0 Å². The summed E-state index contributed by atoms with van der Waals surface area (Å²) in [4.78, 5) is 27.9. The number of urea groups is 1. The maximum Gasteiger partial charge on any atom is 0.323 e. The Bertz CT molecular complexity index is 979. The van der Waals surface area contributed by atoms with Crippen molar-refractivity contribution in [2.24, 2.45) is 0 Å². The smallest absolute Gasteiger partial charge is 0.323 e. The van der Waals surface area contributed by atoms with Gasteiger partial charge in [-0.2, -0.15) is 0 Å². The number of nitrogens with one attached hydrogen (secondary N) is 3. The molecule has 0 bridgehead atoms. The predicted octanol–water partition coefficient (Wildman–Crippen LogP) is 4.46. The van der Waals surface area contributed by atoms with Crippen LogP contribution in [0.15, 0.2) is 36.4 Å². The quantitative estimate of drug-likeness (QED) is 0.625. The van der Waals surface area contributed by atoms with Crippen LogP contribution in [0.4, 0.5) is 21.9 Å². The van der Waals surface area contributed by atoms with Crippen LogP contribution in [0.1, 0.15) is 47.2 Å². The highest BCUT2D eigenvalue weighted by Gasteiger charge is 2.22. The summed E-state index contributed by atoms with van der Waals surface area (Å²) < 4.78 is 5.63. The molecule has 0 radical (unpaired) electrons. The molecule has 3 amide bonds. The summed E-state index contributed by atoms with van der Waals surface area (Å²) in [7, 11) is 0. The minimum Gasteiger partial charge on any atom is -0.376 e. The first-order valence-corrected chi connectivity index (χ1v) is 11.4. The highest BCUT2D eigenvalue weighted by molar-refractivity contribution is 6.04. The molecule has 2 aliphatic heterocycles. The Labute approximate surface area is 189 Å². The fraction of sp³-hybridized carbons (Fsp3) is 0.440. The summed E-state index contributed by atoms with van der Waals surface area (Å²) in [6.07, 6.45) is 4.33. The molecule has 32 heavy (non-hydrogen) atoms. The second kappa shape index (κ2) is 10.0. The number of rotatable bonds is 6. The van der Waals surface area contributed by atoms with Gasteiger partial charge in [0.15, 0.2) is 0 Å². The van der Waals surface area contributed by atoms with Crippen molar-refractivity contribution >= 4 is 29.0 Å². The Hall–Kier alpha value is -3.06. The number of benzene rings is 2. The van der Waals surface area contributed by atoms with Crippen LogP contribution in [0.3, 0.4) is 0 Å². The minimum absolute atomic E-state index is 0.0824. The SMILES string of the molecule is Cc1ccc(NC(=O)Nc2ccc(N3CCCC3)c(C(=O)NCC3CCCO3)c2)c(C)c1. The van der Waals surface area contributed by atoms with Gasteiger partial charge in [-0.15, -0.1) is 0 Å². The first-order chi connectivity index (χ1) is 15.5. The van der Waals surface area contributed by atoms with Gasteiger partial charge in [0.1, 0.15) is 0 Å². The molecule has 7 heteroatoms. The summed E-state index contributed by atoms with van der Waals surface area (Å²) in [6.45, 7) is 7.11. The lowest BCUT2D eigenvalue weighted by molar-refractivity contribution is 0.0858. The molecule has 2 aromatic rings. The number of amides is 3. The zero-order valence-electron chi connectivity index (χ0n) is 18.9. The molecule has 1 unspecified atom stereocenters. The van der Waals surface area contributed by atoms with Crippen molar-refractivity contribution in [2.75, 3.05) is 41.8 Å². The molecular weight excluding hydrogens is 404 g/mol. The van der Waals surface area contributed by atoms with Crippen molar-refractivity contribution in [1.29, 1.82) is 0 Å². The molecule has 0 aromatic heterocycles. The van der Waals surface area contributed by atoms with Crippen molar-refractivity contribution < 1.29 is 14.3 Å². The van der Waals surface area contributed by atoms with E-state index in [1.807, 2.05) is 44.2 Å². The maximum absolute atomic E-state index is 13.1. The monoisotopic (exact) mass is 436 g/mol. The van der Waals surface area contributed by atoms with Crippen LogP contribution in [0.5, 0.6) is 0 Å². The molecule has 7 nitrogen and oxygen atoms in total. The van der Waals surface area contributed by atoms with E-state index in [9.17, 15) is 9.59 Å². The van der Waals surface area contributed by atoms with Crippen LogP contribution >= 0.6 is 0 Å². The summed E-state index contributed by atoms with van der Waals surface area (Å²) >= 11 is 0. The van der Waals surface area contributed by atoms with Gasteiger partial charge in [0.05, 0.1) is 11.7 Å². The molecule has 1 atom stereocenters. The summed E-state index contributed by atoms with van der Waals surface area (Å²) in [5, 5.41) is 8.78. The third-order valence-electron chi connectivity index (χ3n) is 6.09. The van der Waals surface area contributed by atoms with Crippen molar-refractivity contribution in [1.82, 2.24) is 5.32 Å². The summed E-state index contributed by atoms with van der Waals surface area (Å²) in [5.74, 6) is -0.138. The standard InChI is InChI=1S/C25H32N4O3/c1-17-7-9-22(18(2)14-17)28-25(31)27-19-8-10-23(29-11-3-4-12-29)21(15-19)24(30)26-16-20-6-5-13-32-20/h7-10,14-15,20H,3-6,11-13,16H2,1-2H3,(H,26,30)(H2,27,28,31). The number of nitrogens with zero attached hydrogens (tertiary/aromatic N) is 1. The molecule has 2 fully saturated rings. The predicted molar refractivity (Wildman–Crippen MR) is 128 cm³/mol. The minimum atomic E-state index is -0.336. The molecule has 3 N–H and O–H groups in total. The molecule has 2 saturated heterocycles. The zero-order chi connectivity index (χ0) is 22.5. The molecule has 2 heterocycles. The van der Waals surface area contributed by atoms with Gasteiger partial charge in [-0.05, 0) is 69.4 Å². The van der Waals surface area contributed by atoms with E-state index in [1.54, 1.807) is 6.07 Å². The van der Waals surface area contributed by atoms with E-state index in [2.05, 4.69) is 20.9 Å². The highest BCUT2D eigenvalue weighted by Crippen LogP contribution is 2.28. The first kappa shape index (κ1) is 22.1. The van der Waals surface area contributed by atoms with E-state index in [1.165, 1.54) is 0 Å². The van der Waals surface area contributed by atoms with Crippen LogP contribution < -0.4 is 20.9 Å². The number of ether oxygens (including phenoxy) is 1. The Morgan fingerprint density at radius 2 is 1.84 bits per heavy atom. The third kappa shape index (κ3) is 5.40. The Morgan fingerprint density at radius 1 is 1.03 bits per heavy atom. The topological polar surface area (TPSA) is 82.7 Å². The number of aryl methyl sites for hydroxylation is 2. The largest absolute Gasteiger partial charge is 0.376 e. The molecule has 0 saturated carbocycles. The van der Waals surface area contributed by atoms with Crippen LogP contribution in [0.25, 0.3) is 0 Å². The second-order valence-electron chi connectivity index (χ2n) is 8.67. The number of carbonyl (C=O) groups excluding carboxylic acids is 2. The average molecular weight is 437 g/mol. The first-order valence-electron chi connectivity index (χ1n) is 11.4. The fourth-order valence-electron chi connectivity index (χ4n) is 4.38. The van der Waals surface area contributed by atoms with E-state index >= 15 is 0 Å². The number of anilines is 3. The van der Waals surface area contributed by atoms with Gasteiger partial charge in [0.2, 0.25) is 0 Å². The molecule has 0 spiro atoms. The van der Waals surface area contributed by atoms with E-state index in [0.29, 0.717) is 17.8 Å². The highest BCUT2D eigenvalue weighted by atomic mass is 16.5. The van der Waals surface area contributed by atoms with Gasteiger partial charge in [0, 0.05) is 43.3 Å². The van der Waals surface area contributed by atoms with Gasteiger partial charge in [-0.1, -0.05) is 17.7 Å². The number of hydrogen-bond donors (Lipinski definition) is 3. The lowest BCUT2D eigenvalue weighted by Gasteiger charge is -2.22. The Kier molecular flexibility index (Phi) is 6.95. The van der Waals surface area contributed by atoms with Gasteiger partial charge >= 0.3 is 6.03 Å². The van der Waals surface area contributed by atoms with Gasteiger partial charge in [-0.3, -0.25) is 4.79 Å². The van der Waals surface area contributed by atoms with Gasteiger partial charge < -0.3 is 25.6 Å². The van der Waals surface area contributed by atoms with Crippen molar-refractivity contribution in [2.45, 2.75) is 45.6 Å². The maximum atomic E-state index is 13.1. The van der Waals surface area contributed by atoms with E-state index in [4.69, 9.17) is 4.74 Å². The van der Waals surface area contributed by atoms with E-state index < -0.39 is 0 Å². The third-order valence-corrected chi connectivity index (χ3v) is 6.09. The number of hydrogen-bond acceptors (Lipinski definition) is 4. The van der Waals surface area contributed by atoms with Crippen LogP contribution in [0, 0.1) is 13.8 Å². The van der Waals surface area contributed by atoms with Crippen LogP contribution in [-0.2, 0) is 4.74 Å². The normalized spacial score (nSPS) is 17.9. The molecule has 4 rings (SSSR count). The molecule has 0 aliphatic carbocycles. The van der Waals surface area contributed by atoms with Gasteiger partial charge in [-0.25, -0.2) is 4.79 Å². The van der Waals surface area contributed by atoms with Crippen molar-refractivity contribution in [3.05, 3.63) is 53.1 Å². The lowest BCUT2D eigenvalue weighted by Crippen LogP contribution is -2.33. The average Bonchev–Trinajstić information content (AvgIpc) is 3.48. The van der Waals surface area contributed by atoms with Gasteiger partial charge in [0.25, 0.3) is 5.91 Å². The zero-order valence-corrected chi connectivity index (χ0v) is 18.9. The second-order valence-corrected chi connectivity index (χ2v) is 8.67. The van der Waals surface area contributed by atoms with Crippen molar-refractivity contribution in [3.8, 4) is 0 Å². The molecule has 170 valence electrons. The van der Waals surface area contributed by atoms with Crippen LogP contribution in [0.2, 0.25) is 0 Å². The Morgan fingerprint density at radius 3 is 2.56 bits per heavy atom. The summed E-state index contributed by atoms with van der Waals surface area (Å²) in [5.41, 5.74) is 4.97.